The van der Waals surface area contributed by atoms with Gasteiger partial charge in [-0.3, -0.25) is 0 Å². The number of hydrogen-bond acceptors (Lipinski definition) is 0. The Hall–Kier alpha value is 0.290. The van der Waals surface area contributed by atoms with Crippen molar-refractivity contribution in [3.63, 3.8) is 0 Å². The zero-order valence-electron chi connectivity index (χ0n) is 9.10. The van der Waals surface area contributed by atoms with E-state index in [1.54, 1.807) is 0 Å². The second-order valence-corrected chi connectivity index (χ2v) is 5.02. The van der Waals surface area contributed by atoms with Crippen LogP contribution in [0.1, 0.15) is 47.5 Å². The van der Waals surface area contributed by atoms with Crippen LogP contribution in [-0.4, -0.2) is 5.38 Å². The number of rotatable bonds is 5. The zero-order chi connectivity index (χ0) is 9.72. The van der Waals surface area contributed by atoms with E-state index < -0.39 is 0 Å². The average Bonchev–Trinajstić information content (AvgIpc) is 1.98. The molecule has 0 amide bonds. The van der Waals surface area contributed by atoms with Crippen molar-refractivity contribution >= 4 is 11.6 Å². The summed E-state index contributed by atoms with van der Waals surface area (Å²) in [6.07, 6.45) is 2.55. The lowest BCUT2D eigenvalue weighted by molar-refractivity contribution is 0.299. The van der Waals surface area contributed by atoms with Crippen LogP contribution in [-0.2, 0) is 0 Å². The molecule has 0 heterocycles. The summed E-state index contributed by atoms with van der Waals surface area (Å²) in [6, 6.07) is 0. The minimum atomic E-state index is 0.319. The van der Waals surface area contributed by atoms with Crippen LogP contribution in [0.3, 0.4) is 0 Å². The van der Waals surface area contributed by atoms with Gasteiger partial charge in [-0.1, -0.05) is 34.1 Å². The van der Waals surface area contributed by atoms with Crippen LogP contribution in [0.15, 0.2) is 0 Å². The second-order valence-electron chi connectivity index (χ2n) is 4.33. The van der Waals surface area contributed by atoms with Gasteiger partial charge in [-0.15, -0.1) is 11.6 Å². The summed E-state index contributed by atoms with van der Waals surface area (Å²) in [5.74, 6) is 2.21. The molecule has 74 valence electrons. The molecule has 0 aliphatic heterocycles. The maximum absolute atomic E-state index is 6.14. The Bertz CT molecular complexity index is 99.6. The number of hydrogen-bond donors (Lipinski definition) is 0. The van der Waals surface area contributed by atoms with Gasteiger partial charge in [-0.2, -0.15) is 0 Å². The van der Waals surface area contributed by atoms with Gasteiger partial charge in [-0.25, -0.2) is 0 Å². The van der Waals surface area contributed by atoms with Crippen LogP contribution in [0.2, 0.25) is 0 Å². The Morgan fingerprint density at radius 3 is 1.83 bits per heavy atom. The Labute approximate surface area is 82.7 Å². The van der Waals surface area contributed by atoms with Crippen molar-refractivity contribution in [1.29, 1.82) is 0 Å². The predicted octanol–water partition coefficient (Wildman–Crippen LogP) is 4.32. The summed E-state index contributed by atoms with van der Waals surface area (Å²) in [6.45, 7) is 11.2. The van der Waals surface area contributed by atoms with Crippen molar-refractivity contribution in [3.8, 4) is 0 Å². The molecule has 0 rings (SSSR count). The lowest BCUT2D eigenvalue weighted by Crippen LogP contribution is -2.20. The Morgan fingerprint density at radius 1 is 1.08 bits per heavy atom. The topological polar surface area (TPSA) is 0 Å². The molecular weight excluding hydrogens is 168 g/mol. The maximum atomic E-state index is 6.14. The highest BCUT2D eigenvalue weighted by Gasteiger charge is 2.20. The van der Waals surface area contributed by atoms with Gasteiger partial charge in [0.15, 0.2) is 0 Å². The highest BCUT2D eigenvalue weighted by Crippen LogP contribution is 2.27. The fraction of sp³-hybridized carbons (Fsp3) is 1.00. The molecule has 0 aliphatic rings. The van der Waals surface area contributed by atoms with Crippen molar-refractivity contribution in [1.82, 2.24) is 0 Å². The van der Waals surface area contributed by atoms with E-state index in [0.717, 1.165) is 5.92 Å². The Kier molecular flexibility index (Phi) is 6.00. The van der Waals surface area contributed by atoms with E-state index in [4.69, 9.17) is 11.6 Å². The van der Waals surface area contributed by atoms with Gasteiger partial charge in [0, 0.05) is 5.38 Å². The fourth-order valence-corrected chi connectivity index (χ4v) is 2.02. The normalized spacial score (nSPS) is 19.2. The van der Waals surface area contributed by atoms with Crippen molar-refractivity contribution < 1.29 is 0 Å². The molecule has 0 aromatic carbocycles. The number of halogens is 1. The average molecular weight is 191 g/mol. The van der Waals surface area contributed by atoms with Crippen LogP contribution in [0.4, 0.5) is 0 Å². The van der Waals surface area contributed by atoms with Gasteiger partial charge in [0.1, 0.15) is 0 Å². The quantitative estimate of drug-likeness (QED) is 0.567. The standard InChI is InChI=1S/C11H23Cl/c1-6-9(4)7-11(8(2)3)10(5)12/h8-11H,6-7H2,1-5H3. The third-order valence-corrected chi connectivity index (χ3v) is 3.14. The molecular formula is C11H23Cl. The molecule has 12 heavy (non-hydrogen) atoms. The monoisotopic (exact) mass is 190 g/mol. The first kappa shape index (κ1) is 12.3. The van der Waals surface area contributed by atoms with Gasteiger partial charge >= 0.3 is 0 Å². The molecule has 0 radical (unpaired) electrons. The van der Waals surface area contributed by atoms with Crippen molar-refractivity contribution in [2.75, 3.05) is 0 Å². The largest absolute Gasteiger partial charge is 0.123 e. The molecule has 0 nitrogen and oxygen atoms in total. The first-order valence-electron chi connectivity index (χ1n) is 5.13. The van der Waals surface area contributed by atoms with Gasteiger partial charge in [-0.05, 0) is 31.1 Å². The third kappa shape index (κ3) is 4.35. The summed E-state index contributed by atoms with van der Waals surface area (Å²) in [7, 11) is 0. The molecule has 3 unspecified atom stereocenters. The molecule has 0 saturated carbocycles. The molecule has 1 heteroatoms. The predicted molar refractivity (Wildman–Crippen MR) is 57.7 cm³/mol. The molecule has 0 N–H and O–H groups in total. The van der Waals surface area contributed by atoms with Gasteiger partial charge < -0.3 is 0 Å². The van der Waals surface area contributed by atoms with E-state index >= 15 is 0 Å². The highest BCUT2D eigenvalue weighted by molar-refractivity contribution is 6.20. The van der Waals surface area contributed by atoms with Gasteiger partial charge in [0.05, 0.1) is 0 Å². The highest BCUT2D eigenvalue weighted by atomic mass is 35.5. The van der Waals surface area contributed by atoms with Gasteiger partial charge in [0.2, 0.25) is 0 Å². The van der Waals surface area contributed by atoms with E-state index in [1.165, 1.54) is 12.8 Å². The Balaban J connectivity index is 3.95. The summed E-state index contributed by atoms with van der Waals surface area (Å²) < 4.78 is 0. The molecule has 0 aromatic rings. The summed E-state index contributed by atoms with van der Waals surface area (Å²) >= 11 is 6.14. The van der Waals surface area contributed by atoms with Crippen LogP contribution in [0.5, 0.6) is 0 Å². The van der Waals surface area contributed by atoms with Crippen LogP contribution in [0.25, 0.3) is 0 Å². The van der Waals surface area contributed by atoms with Gasteiger partial charge in [0.25, 0.3) is 0 Å². The van der Waals surface area contributed by atoms with Crippen molar-refractivity contribution in [3.05, 3.63) is 0 Å². The lowest BCUT2D eigenvalue weighted by Gasteiger charge is -2.25. The minimum Gasteiger partial charge on any atom is -0.123 e. The van der Waals surface area contributed by atoms with E-state index in [2.05, 4.69) is 34.6 Å². The SMILES string of the molecule is CCC(C)CC(C(C)C)C(C)Cl. The second kappa shape index (κ2) is 5.85. The van der Waals surface area contributed by atoms with E-state index in [0.29, 0.717) is 17.2 Å². The summed E-state index contributed by atoms with van der Waals surface area (Å²) in [4.78, 5) is 0. The molecule has 3 atom stereocenters. The lowest BCUT2D eigenvalue weighted by atomic mass is 9.84. The molecule has 0 saturated heterocycles. The van der Waals surface area contributed by atoms with Crippen molar-refractivity contribution in [2.45, 2.75) is 52.8 Å². The van der Waals surface area contributed by atoms with E-state index in [9.17, 15) is 0 Å². The first-order chi connectivity index (χ1) is 5.49. The van der Waals surface area contributed by atoms with E-state index in [-0.39, 0.29) is 0 Å². The molecule has 0 spiro atoms. The third-order valence-electron chi connectivity index (χ3n) is 2.82. The maximum Gasteiger partial charge on any atom is 0.0338 e. The van der Waals surface area contributed by atoms with Crippen LogP contribution >= 0.6 is 11.6 Å². The molecule has 0 bridgehead atoms. The van der Waals surface area contributed by atoms with Crippen molar-refractivity contribution in [2.24, 2.45) is 17.8 Å². The smallest absolute Gasteiger partial charge is 0.0338 e. The molecule has 0 aromatic heterocycles. The first-order valence-corrected chi connectivity index (χ1v) is 5.56. The number of alkyl halides is 1. The summed E-state index contributed by atoms with van der Waals surface area (Å²) in [5, 5.41) is 0.319. The molecule has 0 aliphatic carbocycles. The fourth-order valence-electron chi connectivity index (χ4n) is 1.62. The van der Waals surface area contributed by atoms with Crippen LogP contribution in [0, 0.1) is 17.8 Å². The molecule has 0 fully saturated rings. The van der Waals surface area contributed by atoms with Crippen LogP contribution < -0.4 is 0 Å². The van der Waals surface area contributed by atoms with E-state index in [1.807, 2.05) is 0 Å². The minimum absolute atomic E-state index is 0.319. The Morgan fingerprint density at radius 2 is 1.58 bits per heavy atom. The zero-order valence-corrected chi connectivity index (χ0v) is 9.86. The summed E-state index contributed by atoms with van der Waals surface area (Å²) in [5.41, 5.74) is 0.